The lowest BCUT2D eigenvalue weighted by molar-refractivity contribution is -0.177. The van der Waals surface area contributed by atoms with E-state index in [-0.39, 0.29) is 6.73 Å². The first kappa shape index (κ1) is 14.2. The molecule has 4 N–H and O–H groups in total. The minimum absolute atomic E-state index is 0.0712. The zero-order valence-electron chi connectivity index (χ0n) is 11.5. The molecule has 7 heteroatoms. The van der Waals surface area contributed by atoms with Crippen molar-refractivity contribution >= 4 is 5.96 Å². The van der Waals surface area contributed by atoms with Crippen LogP contribution in [0, 0.1) is 0 Å². The molecule has 0 bridgehead atoms. The third kappa shape index (κ3) is 1.89. The molecule has 0 fully saturated rings. The van der Waals surface area contributed by atoms with Gasteiger partial charge < -0.3 is 15.7 Å². The molecule has 1 aliphatic heterocycles. The molecule has 2 atom stereocenters. The highest BCUT2D eigenvalue weighted by Crippen LogP contribution is 2.31. The van der Waals surface area contributed by atoms with E-state index < -0.39 is 11.6 Å². The minimum atomic E-state index is -0.602. The normalized spacial score (nSPS) is 35.3. The molecule has 0 saturated heterocycles. The van der Waals surface area contributed by atoms with Crippen LogP contribution in [-0.4, -0.2) is 72.3 Å². The van der Waals surface area contributed by atoms with Crippen LogP contribution in [0.1, 0.15) is 13.8 Å². The van der Waals surface area contributed by atoms with Gasteiger partial charge in [0.25, 0.3) is 0 Å². The Morgan fingerprint density at radius 3 is 2.41 bits per heavy atom. The van der Waals surface area contributed by atoms with Crippen LogP contribution in [0.3, 0.4) is 0 Å². The summed E-state index contributed by atoms with van der Waals surface area (Å²) in [5, 5.41) is 12.5. The van der Waals surface area contributed by atoms with E-state index in [1.165, 1.54) is 0 Å². The SMILES string of the molecule is CNC1(C)N=C(N)N(C)C(C)(N(C)CO)N1C. The highest BCUT2D eigenvalue weighted by atomic mass is 16.3. The summed E-state index contributed by atoms with van der Waals surface area (Å²) in [5.74, 6) is -0.727. The largest absolute Gasteiger partial charge is 0.381 e. The number of guanidine groups is 1. The molecule has 0 saturated carbocycles. The molecule has 1 heterocycles. The predicted octanol–water partition coefficient (Wildman–Crippen LogP) is -1.37. The summed E-state index contributed by atoms with van der Waals surface area (Å²) < 4.78 is 0. The van der Waals surface area contributed by atoms with E-state index >= 15 is 0 Å². The van der Waals surface area contributed by atoms with Gasteiger partial charge in [0, 0.05) is 7.05 Å². The van der Waals surface area contributed by atoms with Gasteiger partial charge in [-0.3, -0.25) is 5.32 Å². The van der Waals surface area contributed by atoms with Crippen molar-refractivity contribution < 1.29 is 5.11 Å². The monoisotopic (exact) mass is 244 g/mol. The fraction of sp³-hybridized carbons (Fsp3) is 0.900. The van der Waals surface area contributed by atoms with Crippen LogP contribution < -0.4 is 11.1 Å². The number of hydrogen-bond acceptors (Lipinski definition) is 7. The van der Waals surface area contributed by atoms with Crippen molar-refractivity contribution in [3.05, 3.63) is 0 Å². The van der Waals surface area contributed by atoms with Crippen molar-refractivity contribution in [3.8, 4) is 0 Å². The predicted molar refractivity (Wildman–Crippen MR) is 67.9 cm³/mol. The highest BCUT2D eigenvalue weighted by molar-refractivity contribution is 5.79. The van der Waals surface area contributed by atoms with Crippen LogP contribution >= 0.6 is 0 Å². The fourth-order valence-electron chi connectivity index (χ4n) is 2.10. The maximum atomic E-state index is 9.39. The van der Waals surface area contributed by atoms with E-state index in [1.54, 1.807) is 4.90 Å². The molecule has 0 aliphatic carbocycles. The summed E-state index contributed by atoms with van der Waals surface area (Å²) in [4.78, 5) is 10.1. The van der Waals surface area contributed by atoms with Gasteiger partial charge in [-0.15, -0.1) is 0 Å². The zero-order chi connectivity index (χ0) is 13.4. The second-order valence-electron chi connectivity index (χ2n) is 4.67. The van der Waals surface area contributed by atoms with Crippen LogP contribution in [-0.2, 0) is 0 Å². The van der Waals surface area contributed by atoms with Crippen LogP contribution in [0.2, 0.25) is 0 Å². The van der Waals surface area contributed by atoms with Gasteiger partial charge in [0.15, 0.2) is 17.5 Å². The van der Waals surface area contributed by atoms with E-state index in [0.717, 1.165) is 0 Å². The van der Waals surface area contributed by atoms with Gasteiger partial charge in [-0.25, -0.2) is 14.8 Å². The highest BCUT2D eigenvalue weighted by Gasteiger charge is 2.50. The maximum absolute atomic E-state index is 9.39. The Balaban J connectivity index is 3.28. The van der Waals surface area contributed by atoms with Crippen LogP contribution in [0.5, 0.6) is 0 Å². The number of hydrogen-bond donors (Lipinski definition) is 3. The summed E-state index contributed by atoms with van der Waals surface area (Å²) in [6.07, 6.45) is 0. The number of nitrogens with two attached hydrogens (primary N) is 1. The van der Waals surface area contributed by atoms with Gasteiger partial charge >= 0.3 is 0 Å². The van der Waals surface area contributed by atoms with E-state index in [9.17, 15) is 5.11 Å². The molecule has 0 spiro atoms. The lowest BCUT2D eigenvalue weighted by Crippen LogP contribution is -2.77. The van der Waals surface area contributed by atoms with E-state index in [2.05, 4.69) is 10.3 Å². The zero-order valence-corrected chi connectivity index (χ0v) is 11.5. The average Bonchev–Trinajstić information content (AvgIpc) is 2.32. The van der Waals surface area contributed by atoms with Gasteiger partial charge in [0.05, 0.1) is 6.73 Å². The molecule has 2 unspecified atom stereocenters. The molecule has 0 amide bonds. The quantitative estimate of drug-likeness (QED) is 0.531. The average molecular weight is 244 g/mol. The molecule has 100 valence electrons. The molecule has 0 aromatic rings. The summed E-state index contributed by atoms with van der Waals surface area (Å²) >= 11 is 0. The second-order valence-corrected chi connectivity index (χ2v) is 4.67. The van der Waals surface area contributed by atoms with Crippen molar-refractivity contribution in [2.24, 2.45) is 10.7 Å². The Bertz CT molecular complexity index is 322. The second kappa shape index (κ2) is 4.41. The topological polar surface area (TPSA) is 80.4 Å². The van der Waals surface area contributed by atoms with E-state index in [1.807, 2.05) is 51.8 Å². The Labute approximate surface area is 103 Å². The number of rotatable bonds is 3. The van der Waals surface area contributed by atoms with Crippen LogP contribution in [0.4, 0.5) is 0 Å². The smallest absolute Gasteiger partial charge is 0.196 e. The lowest BCUT2D eigenvalue weighted by Gasteiger charge is -2.58. The van der Waals surface area contributed by atoms with Crippen molar-refractivity contribution in [2.75, 3.05) is 34.9 Å². The maximum Gasteiger partial charge on any atom is 0.196 e. The first-order valence-corrected chi connectivity index (χ1v) is 5.58. The van der Waals surface area contributed by atoms with Crippen molar-refractivity contribution in [2.45, 2.75) is 25.4 Å². The van der Waals surface area contributed by atoms with Crippen molar-refractivity contribution in [3.63, 3.8) is 0 Å². The van der Waals surface area contributed by atoms with Gasteiger partial charge in [0.2, 0.25) is 0 Å². The summed E-state index contributed by atoms with van der Waals surface area (Å²) in [7, 11) is 7.46. The number of nitrogens with zero attached hydrogens (tertiary/aromatic N) is 4. The third-order valence-corrected chi connectivity index (χ3v) is 4.01. The van der Waals surface area contributed by atoms with Gasteiger partial charge in [-0.1, -0.05) is 0 Å². The molecular formula is C10H24N6O. The molecule has 0 aromatic heterocycles. The van der Waals surface area contributed by atoms with E-state index in [0.29, 0.717) is 5.96 Å². The fourth-order valence-corrected chi connectivity index (χ4v) is 2.10. The van der Waals surface area contributed by atoms with Gasteiger partial charge in [0.1, 0.15) is 0 Å². The number of aliphatic hydroxyl groups is 1. The first-order chi connectivity index (χ1) is 7.74. The standard InChI is InChI=1S/C10H24N6O/c1-9(12-3)13-8(11)15(5)10(2,16(9)6)14(4)7-17/h12,17H,7H2,1-6H3,(H2,11,13). The van der Waals surface area contributed by atoms with Crippen molar-refractivity contribution in [1.82, 2.24) is 20.0 Å². The molecular weight excluding hydrogens is 220 g/mol. The van der Waals surface area contributed by atoms with Crippen LogP contribution in [0.15, 0.2) is 4.99 Å². The lowest BCUT2D eigenvalue weighted by atomic mass is 10.2. The third-order valence-electron chi connectivity index (χ3n) is 4.01. The molecule has 1 aliphatic rings. The molecule has 0 aromatic carbocycles. The van der Waals surface area contributed by atoms with Crippen LogP contribution in [0.25, 0.3) is 0 Å². The Kier molecular flexibility index (Phi) is 3.68. The molecule has 1 rings (SSSR count). The summed E-state index contributed by atoms with van der Waals surface area (Å²) in [6, 6.07) is 0. The first-order valence-electron chi connectivity index (χ1n) is 5.58. The molecule has 7 nitrogen and oxygen atoms in total. The Morgan fingerprint density at radius 2 is 2.00 bits per heavy atom. The van der Waals surface area contributed by atoms with Crippen molar-refractivity contribution in [1.29, 1.82) is 0 Å². The Morgan fingerprint density at radius 1 is 1.47 bits per heavy atom. The number of aliphatic hydroxyl groups excluding tert-OH is 1. The molecule has 0 radical (unpaired) electrons. The summed E-state index contributed by atoms with van der Waals surface area (Å²) in [5.41, 5.74) is 5.96. The van der Waals surface area contributed by atoms with E-state index in [4.69, 9.17) is 5.73 Å². The van der Waals surface area contributed by atoms with Gasteiger partial charge in [-0.2, -0.15) is 0 Å². The Hall–Kier alpha value is -0.890. The molecule has 17 heavy (non-hydrogen) atoms. The van der Waals surface area contributed by atoms with Gasteiger partial charge in [-0.05, 0) is 35.0 Å². The summed E-state index contributed by atoms with van der Waals surface area (Å²) in [6.45, 7) is 3.86. The minimum Gasteiger partial charge on any atom is -0.381 e. The number of nitrogens with one attached hydrogen (secondary N) is 1. The number of aliphatic imine (C=N–C) groups is 1.